The molecule has 5 rings (SSSR count). The number of likely N-dealkylation sites (tertiary alicyclic amines) is 1. The average molecular weight is 622 g/mol. The van der Waals surface area contributed by atoms with Crippen LogP contribution in [0.25, 0.3) is 11.1 Å². The third kappa shape index (κ3) is 6.71. The van der Waals surface area contributed by atoms with E-state index in [9.17, 15) is 27.9 Å². The number of likely N-dealkylation sites (N-methyl/N-ethyl adjacent to an activating group) is 1. The summed E-state index contributed by atoms with van der Waals surface area (Å²) in [7, 11) is 0. The van der Waals surface area contributed by atoms with Crippen LogP contribution in [0.5, 0.6) is 0 Å². The number of hydrogen-bond acceptors (Lipinski definition) is 5. The third-order valence-corrected chi connectivity index (χ3v) is 9.25. The van der Waals surface area contributed by atoms with Gasteiger partial charge in [0.2, 0.25) is 0 Å². The zero-order valence-electron chi connectivity index (χ0n) is 24.5. The second-order valence-electron chi connectivity index (χ2n) is 10.9. The summed E-state index contributed by atoms with van der Waals surface area (Å²) in [5, 5.41) is 13.5. The molecule has 1 saturated heterocycles. The maximum atomic E-state index is 13.5. The number of alkyl halides is 3. The summed E-state index contributed by atoms with van der Waals surface area (Å²) in [6.45, 7) is 5.12. The first-order valence-corrected chi connectivity index (χ1v) is 15.5. The molecule has 3 aromatic carbocycles. The largest absolute Gasteiger partial charge is 0.416 e. The SMILES string of the molecule is CCN(C(=O)c1csc(C2CCN(C(=O)c3ccccc3-c3ccc(C(F)(F)F)cc3)CC2)n1)C(C)C(O)c1ccccc1. The van der Waals surface area contributed by atoms with Gasteiger partial charge >= 0.3 is 6.18 Å². The highest BCUT2D eigenvalue weighted by Crippen LogP contribution is 2.34. The second kappa shape index (κ2) is 13.3. The molecule has 0 aliphatic carbocycles. The van der Waals surface area contributed by atoms with E-state index in [1.54, 1.807) is 39.4 Å². The van der Waals surface area contributed by atoms with Crippen LogP contribution in [-0.2, 0) is 6.18 Å². The number of carbonyl (C=O) groups is 2. The van der Waals surface area contributed by atoms with E-state index in [0.29, 0.717) is 54.9 Å². The Labute approximate surface area is 258 Å². The highest BCUT2D eigenvalue weighted by atomic mass is 32.1. The van der Waals surface area contributed by atoms with Gasteiger partial charge in [0.25, 0.3) is 11.8 Å². The maximum Gasteiger partial charge on any atom is 0.416 e. The van der Waals surface area contributed by atoms with Crippen LogP contribution in [0.1, 0.15) is 75.7 Å². The van der Waals surface area contributed by atoms with E-state index in [0.717, 1.165) is 22.7 Å². The van der Waals surface area contributed by atoms with Crippen LogP contribution < -0.4 is 0 Å². The molecule has 1 aromatic heterocycles. The summed E-state index contributed by atoms with van der Waals surface area (Å²) in [5.41, 5.74) is 1.93. The number of rotatable bonds is 8. The maximum absolute atomic E-state index is 13.5. The van der Waals surface area contributed by atoms with Gasteiger partial charge in [0.05, 0.1) is 22.7 Å². The number of benzene rings is 3. The fourth-order valence-electron chi connectivity index (χ4n) is 5.70. The molecule has 4 aromatic rings. The molecule has 0 bridgehead atoms. The normalized spacial score (nSPS) is 15.5. The number of aliphatic hydroxyl groups excluding tert-OH is 1. The van der Waals surface area contributed by atoms with Gasteiger partial charge < -0.3 is 14.9 Å². The minimum absolute atomic E-state index is 0.0955. The molecule has 0 spiro atoms. The van der Waals surface area contributed by atoms with Gasteiger partial charge in [-0.05, 0) is 61.6 Å². The zero-order valence-corrected chi connectivity index (χ0v) is 25.3. The van der Waals surface area contributed by atoms with Crippen LogP contribution in [0.4, 0.5) is 13.2 Å². The Bertz CT molecular complexity index is 1580. The molecule has 0 radical (unpaired) electrons. The van der Waals surface area contributed by atoms with E-state index in [1.165, 1.54) is 23.5 Å². The number of aliphatic hydroxyl groups is 1. The highest BCUT2D eigenvalue weighted by molar-refractivity contribution is 7.09. The molecule has 0 saturated carbocycles. The molecule has 1 N–H and O–H groups in total. The Balaban J connectivity index is 1.23. The number of aromatic nitrogens is 1. The first-order valence-electron chi connectivity index (χ1n) is 14.6. The number of amides is 2. The van der Waals surface area contributed by atoms with Crippen molar-refractivity contribution >= 4 is 23.2 Å². The van der Waals surface area contributed by atoms with Crippen LogP contribution in [-0.4, -0.2) is 57.4 Å². The molecule has 2 unspecified atom stereocenters. The van der Waals surface area contributed by atoms with Crippen LogP contribution in [0.3, 0.4) is 0 Å². The molecule has 6 nitrogen and oxygen atoms in total. The summed E-state index contributed by atoms with van der Waals surface area (Å²) in [6, 6.07) is 20.6. The van der Waals surface area contributed by atoms with Gasteiger partial charge in [-0.1, -0.05) is 60.7 Å². The predicted molar refractivity (Wildman–Crippen MR) is 164 cm³/mol. The number of carbonyl (C=O) groups excluding carboxylic acids is 2. The second-order valence-corrected chi connectivity index (χ2v) is 11.8. The Morgan fingerprint density at radius 2 is 1.64 bits per heavy atom. The van der Waals surface area contributed by atoms with Crippen molar-refractivity contribution in [2.45, 2.75) is 50.9 Å². The van der Waals surface area contributed by atoms with E-state index in [4.69, 9.17) is 0 Å². The quantitative estimate of drug-likeness (QED) is 0.222. The third-order valence-electron chi connectivity index (χ3n) is 8.24. The summed E-state index contributed by atoms with van der Waals surface area (Å²) < 4.78 is 39.1. The fraction of sp³-hybridized carbons (Fsp3) is 0.324. The molecule has 10 heteroatoms. The fourth-order valence-corrected chi connectivity index (χ4v) is 6.66. The zero-order chi connectivity index (χ0) is 31.4. The van der Waals surface area contributed by atoms with E-state index in [-0.39, 0.29) is 17.7 Å². The van der Waals surface area contributed by atoms with Gasteiger partial charge in [0, 0.05) is 36.5 Å². The molecule has 44 heavy (non-hydrogen) atoms. The van der Waals surface area contributed by atoms with Crippen molar-refractivity contribution in [2.75, 3.05) is 19.6 Å². The average Bonchev–Trinajstić information content (AvgIpc) is 3.55. The van der Waals surface area contributed by atoms with Gasteiger partial charge in [-0.15, -0.1) is 11.3 Å². The van der Waals surface area contributed by atoms with E-state index >= 15 is 0 Å². The van der Waals surface area contributed by atoms with E-state index < -0.39 is 23.9 Å². The first kappa shape index (κ1) is 31.4. The molecule has 230 valence electrons. The van der Waals surface area contributed by atoms with Crippen molar-refractivity contribution in [3.05, 3.63) is 112 Å². The summed E-state index contributed by atoms with van der Waals surface area (Å²) in [5.74, 6) is -0.304. The van der Waals surface area contributed by atoms with Crippen molar-refractivity contribution in [2.24, 2.45) is 0 Å². The van der Waals surface area contributed by atoms with E-state index in [1.807, 2.05) is 44.2 Å². The number of piperidine rings is 1. The molecule has 2 amide bonds. The summed E-state index contributed by atoms with van der Waals surface area (Å²) >= 11 is 1.43. The van der Waals surface area contributed by atoms with Crippen molar-refractivity contribution in [3.63, 3.8) is 0 Å². The minimum atomic E-state index is -4.43. The molecule has 1 aliphatic rings. The molecule has 2 heterocycles. The van der Waals surface area contributed by atoms with Crippen LogP contribution in [0.15, 0.2) is 84.2 Å². The molecule has 2 atom stereocenters. The van der Waals surface area contributed by atoms with Crippen molar-refractivity contribution in [1.29, 1.82) is 0 Å². The molecular weight excluding hydrogens is 587 g/mol. The van der Waals surface area contributed by atoms with Gasteiger partial charge in [0.1, 0.15) is 5.69 Å². The Morgan fingerprint density at radius 1 is 1.00 bits per heavy atom. The minimum Gasteiger partial charge on any atom is -0.386 e. The van der Waals surface area contributed by atoms with Gasteiger partial charge in [-0.2, -0.15) is 13.2 Å². The van der Waals surface area contributed by atoms with Crippen LogP contribution in [0, 0.1) is 0 Å². The van der Waals surface area contributed by atoms with Crippen molar-refractivity contribution < 1.29 is 27.9 Å². The lowest BCUT2D eigenvalue weighted by Gasteiger charge is -2.32. The summed E-state index contributed by atoms with van der Waals surface area (Å²) in [6.07, 6.45) is -3.90. The number of halogens is 3. The first-order chi connectivity index (χ1) is 21.1. The lowest BCUT2D eigenvalue weighted by Crippen LogP contribution is -2.42. The van der Waals surface area contributed by atoms with Gasteiger partial charge in [0.15, 0.2) is 0 Å². The van der Waals surface area contributed by atoms with E-state index in [2.05, 4.69) is 4.98 Å². The predicted octanol–water partition coefficient (Wildman–Crippen LogP) is 7.43. The van der Waals surface area contributed by atoms with Crippen molar-refractivity contribution in [1.82, 2.24) is 14.8 Å². The number of nitrogens with zero attached hydrogens (tertiary/aromatic N) is 3. The standard InChI is InChI=1S/C34H34F3N3O3S/c1-3-40(22(2)30(41)24-9-5-4-6-10-24)33(43)29-21-44-31(38-29)25-17-19-39(20-18-25)32(42)28-12-8-7-11-27(28)23-13-15-26(16-14-23)34(35,36)37/h4-16,21-22,25,30,41H,3,17-20H2,1-2H3. The lowest BCUT2D eigenvalue weighted by molar-refractivity contribution is -0.137. The Hall–Kier alpha value is -4.02. The van der Waals surface area contributed by atoms with Gasteiger partial charge in [-0.25, -0.2) is 4.98 Å². The number of hydrogen-bond donors (Lipinski definition) is 1. The summed E-state index contributed by atoms with van der Waals surface area (Å²) in [4.78, 5) is 35.0. The molecule has 1 aliphatic heterocycles. The Morgan fingerprint density at radius 3 is 2.27 bits per heavy atom. The highest BCUT2D eigenvalue weighted by Gasteiger charge is 2.32. The van der Waals surface area contributed by atoms with Crippen LogP contribution in [0.2, 0.25) is 0 Å². The smallest absolute Gasteiger partial charge is 0.386 e. The monoisotopic (exact) mass is 621 g/mol. The molecular formula is C34H34F3N3O3S. The topological polar surface area (TPSA) is 73.7 Å². The lowest BCUT2D eigenvalue weighted by atomic mass is 9.94. The number of thiazole rings is 1. The van der Waals surface area contributed by atoms with Crippen LogP contribution >= 0.6 is 11.3 Å². The Kier molecular flexibility index (Phi) is 9.51. The molecule has 1 fully saturated rings. The van der Waals surface area contributed by atoms with Crippen molar-refractivity contribution in [3.8, 4) is 11.1 Å². The van der Waals surface area contributed by atoms with Gasteiger partial charge in [-0.3, -0.25) is 9.59 Å².